The van der Waals surface area contributed by atoms with Crippen molar-refractivity contribution in [2.75, 3.05) is 25.6 Å². The number of carbonyl (C=O) groups is 1. The van der Waals surface area contributed by atoms with Crippen molar-refractivity contribution in [3.05, 3.63) is 82.9 Å². The molecule has 7 nitrogen and oxygen atoms in total. The topological polar surface area (TPSA) is 71.4 Å². The van der Waals surface area contributed by atoms with Gasteiger partial charge in [-0.2, -0.15) is 0 Å². The monoisotopic (exact) mass is 491 g/mol. The molecule has 8 heteroatoms. The fourth-order valence-corrected chi connectivity index (χ4v) is 5.05. The summed E-state index contributed by atoms with van der Waals surface area (Å²) in [6.45, 7) is 8.20. The van der Waals surface area contributed by atoms with Gasteiger partial charge in [-0.15, -0.1) is 0 Å². The third kappa shape index (κ3) is 5.55. The molecule has 184 valence electrons. The Morgan fingerprint density at radius 2 is 1.91 bits per heavy atom. The van der Waals surface area contributed by atoms with Crippen molar-refractivity contribution in [1.82, 2.24) is 19.8 Å². The fraction of sp³-hybridized carbons (Fsp3) is 0.370. The average molecular weight is 492 g/mol. The van der Waals surface area contributed by atoms with Crippen LogP contribution in [0.1, 0.15) is 46.7 Å². The summed E-state index contributed by atoms with van der Waals surface area (Å²) in [6.07, 6.45) is 2.13. The molecule has 0 unspecified atom stereocenters. The quantitative estimate of drug-likeness (QED) is 0.431. The predicted molar refractivity (Wildman–Crippen MR) is 142 cm³/mol. The van der Waals surface area contributed by atoms with E-state index in [1.54, 1.807) is 13.3 Å². The molecule has 2 aromatic heterocycles. The molecule has 3 heterocycles. The molecule has 2 atom stereocenters. The summed E-state index contributed by atoms with van der Waals surface area (Å²) in [5.41, 5.74) is 6.40. The highest BCUT2D eigenvalue weighted by molar-refractivity contribution is 7.80. The first-order chi connectivity index (χ1) is 16.9. The molecule has 0 radical (unpaired) electrons. The van der Waals surface area contributed by atoms with Gasteiger partial charge in [-0.1, -0.05) is 23.8 Å². The van der Waals surface area contributed by atoms with Gasteiger partial charge >= 0.3 is 0 Å². The Hall–Kier alpha value is -3.23. The molecule has 0 bridgehead atoms. The molecule has 3 aromatic rings. The highest BCUT2D eigenvalue weighted by atomic mass is 32.1. The van der Waals surface area contributed by atoms with E-state index < -0.39 is 0 Å². The van der Waals surface area contributed by atoms with E-state index in [1.807, 2.05) is 49.4 Å². The molecule has 1 aromatic carbocycles. The molecule has 0 spiro atoms. The van der Waals surface area contributed by atoms with Gasteiger partial charge in [-0.05, 0) is 68.9 Å². The van der Waals surface area contributed by atoms with E-state index in [9.17, 15) is 4.79 Å². The highest BCUT2D eigenvalue weighted by Crippen LogP contribution is 2.40. The number of hydrogen-bond acceptors (Lipinski definition) is 4. The fourth-order valence-electron chi connectivity index (χ4n) is 4.72. The average Bonchev–Trinajstić information content (AvgIpc) is 3.33. The van der Waals surface area contributed by atoms with Crippen LogP contribution >= 0.6 is 12.2 Å². The van der Waals surface area contributed by atoms with Crippen LogP contribution in [0.3, 0.4) is 0 Å². The van der Waals surface area contributed by atoms with E-state index in [-0.39, 0.29) is 18.0 Å². The molecular weight excluding hydrogens is 458 g/mol. The maximum Gasteiger partial charge on any atom is 0.226 e. The van der Waals surface area contributed by atoms with Crippen LogP contribution in [0.2, 0.25) is 0 Å². The van der Waals surface area contributed by atoms with Gasteiger partial charge in [-0.3, -0.25) is 9.78 Å². The second kappa shape index (κ2) is 11.0. The molecule has 1 fully saturated rings. The molecule has 0 saturated carbocycles. The second-order valence-electron chi connectivity index (χ2n) is 8.96. The van der Waals surface area contributed by atoms with Crippen molar-refractivity contribution in [2.45, 2.75) is 45.8 Å². The normalized spacial score (nSPS) is 17.5. The first kappa shape index (κ1) is 24.9. The number of carbonyl (C=O) groups excluding carboxylic acids is 1. The van der Waals surface area contributed by atoms with Gasteiger partial charge in [0.1, 0.15) is 0 Å². The zero-order valence-electron chi connectivity index (χ0n) is 20.7. The van der Waals surface area contributed by atoms with Gasteiger partial charge in [0.05, 0.1) is 24.4 Å². The summed E-state index contributed by atoms with van der Waals surface area (Å²) in [5.74, 6) is -0.0396. The lowest BCUT2D eigenvalue weighted by molar-refractivity contribution is -0.116. The number of rotatable bonds is 9. The Balaban J connectivity index is 1.59. The number of benzene rings is 1. The highest BCUT2D eigenvalue weighted by Gasteiger charge is 2.41. The summed E-state index contributed by atoms with van der Waals surface area (Å²) in [7, 11) is 1.72. The molecule has 1 amide bonds. The molecule has 2 N–H and O–H groups in total. The maximum absolute atomic E-state index is 12.8. The lowest BCUT2D eigenvalue weighted by Crippen LogP contribution is -2.33. The number of ether oxygens (including phenoxy) is 1. The van der Waals surface area contributed by atoms with Crippen molar-refractivity contribution in [1.29, 1.82) is 0 Å². The van der Waals surface area contributed by atoms with Gasteiger partial charge in [0.2, 0.25) is 5.91 Å². The zero-order chi connectivity index (χ0) is 24.9. The van der Waals surface area contributed by atoms with E-state index in [0.29, 0.717) is 24.7 Å². The number of methoxy groups -OCH3 is 1. The number of hydrogen-bond donors (Lipinski definition) is 2. The molecule has 1 aliphatic heterocycles. The van der Waals surface area contributed by atoms with Gasteiger partial charge in [-0.25, -0.2) is 0 Å². The van der Waals surface area contributed by atoms with E-state index in [1.165, 1.54) is 17.0 Å². The van der Waals surface area contributed by atoms with Crippen LogP contribution in [0.5, 0.6) is 0 Å². The molecule has 4 rings (SSSR count). The number of thiocarbonyl (C=S) groups is 1. The van der Waals surface area contributed by atoms with Crippen LogP contribution in [0, 0.1) is 20.8 Å². The minimum Gasteiger partial charge on any atom is -0.383 e. The number of aromatic nitrogens is 2. The van der Waals surface area contributed by atoms with Gasteiger partial charge in [0, 0.05) is 49.9 Å². The zero-order valence-corrected chi connectivity index (χ0v) is 21.6. The molecular formula is C27H33N5O2S. The SMILES string of the molecule is COCCn1c(C)cc([C@H]2[C@H](c3ccccn3)NC(=S)N2CCC(=O)Nc2ccc(C)cc2)c1C. The number of nitrogens with one attached hydrogen (secondary N) is 2. The number of aryl methyl sites for hydroxylation is 2. The van der Waals surface area contributed by atoms with E-state index in [2.05, 4.69) is 45.0 Å². The van der Waals surface area contributed by atoms with Gasteiger partial charge in [0.25, 0.3) is 0 Å². The van der Waals surface area contributed by atoms with Crippen LogP contribution in [-0.4, -0.2) is 45.7 Å². The smallest absolute Gasteiger partial charge is 0.226 e. The Kier molecular flexibility index (Phi) is 7.83. The third-order valence-electron chi connectivity index (χ3n) is 6.56. The summed E-state index contributed by atoms with van der Waals surface area (Å²) < 4.78 is 7.60. The molecule has 0 aliphatic carbocycles. The minimum atomic E-state index is -0.111. The number of nitrogens with zero attached hydrogens (tertiary/aromatic N) is 3. The maximum atomic E-state index is 12.8. The number of pyridine rings is 1. The standard InChI is InChI=1S/C27H33N5O2S/c1-18-8-10-21(11-9-18)29-24(33)12-14-32-26(22-17-19(2)31(20(22)3)15-16-34-4)25(30-27(32)35)23-7-5-6-13-28-23/h5-11,13,17,25-26H,12,14-16H2,1-4H3,(H,29,33)(H,30,35)/t25-,26-/m0/s1. The Bertz CT molecular complexity index is 1180. The van der Waals surface area contributed by atoms with Crippen LogP contribution in [0.15, 0.2) is 54.7 Å². The Morgan fingerprint density at radius 1 is 1.14 bits per heavy atom. The number of amides is 1. The molecule has 1 saturated heterocycles. The molecule has 35 heavy (non-hydrogen) atoms. The first-order valence-corrected chi connectivity index (χ1v) is 12.3. The van der Waals surface area contributed by atoms with Crippen LogP contribution in [0.25, 0.3) is 0 Å². The van der Waals surface area contributed by atoms with E-state index in [0.717, 1.165) is 23.5 Å². The van der Waals surface area contributed by atoms with E-state index in [4.69, 9.17) is 17.0 Å². The lowest BCUT2D eigenvalue weighted by Gasteiger charge is -2.28. The minimum absolute atomic E-state index is 0.0396. The van der Waals surface area contributed by atoms with Crippen molar-refractivity contribution in [3.8, 4) is 0 Å². The summed E-state index contributed by atoms with van der Waals surface area (Å²) >= 11 is 5.77. The van der Waals surface area contributed by atoms with Gasteiger partial charge < -0.3 is 24.8 Å². The van der Waals surface area contributed by atoms with Crippen molar-refractivity contribution in [3.63, 3.8) is 0 Å². The van der Waals surface area contributed by atoms with E-state index >= 15 is 0 Å². The number of anilines is 1. The summed E-state index contributed by atoms with van der Waals surface area (Å²) in [4.78, 5) is 19.5. The van der Waals surface area contributed by atoms with Crippen LogP contribution < -0.4 is 10.6 Å². The van der Waals surface area contributed by atoms with Crippen LogP contribution in [-0.2, 0) is 16.1 Å². The lowest BCUT2D eigenvalue weighted by atomic mass is 9.96. The predicted octanol–water partition coefficient (Wildman–Crippen LogP) is 4.46. The van der Waals surface area contributed by atoms with Gasteiger partial charge in [0.15, 0.2) is 5.11 Å². The molecule has 1 aliphatic rings. The summed E-state index contributed by atoms with van der Waals surface area (Å²) in [5, 5.41) is 7.11. The van der Waals surface area contributed by atoms with Crippen molar-refractivity contribution in [2.24, 2.45) is 0 Å². The summed E-state index contributed by atoms with van der Waals surface area (Å²) in [6, 6.07) is 15.8. The first-order valence-electron chi connectivity index (χ1n) is 11.9. The van der Waals surface area contributed by atoms with Crippen LogP contribution in [0.4, 0.5) is 5.69 Å². The Morgan fingerprint density at radius 3 is 2.60 bits per heavy atom. The third-order valence-corrected chi connectivity index (χ3v) is 6.92. The van der Waals surface area contributed by atoms with Crippen molar-refractivity contribution < 1.29 is 9.53 Å². The largest absolute Gasteiger partial charge is 0.383 e. The van der Waals surface area contributed by atoms with Crippen molar-refractivity contribution >= 4 is 28.9 Å². The Labute approximate surface area is 212 Å². The second-order valence-corrected chi connectivity index (χ2v) is 9.34.